The molecule has 52 heavy (non-hydrogen) atoms. The topological polar surface area (TPSA) is 28.0 Å². The van der Waals surface area contributed by atoms with E-state index in [1.807, 2.05) is 35.6 Å². The van der Waals surface area contributed by atoms with E-state index >= 15 is 0 Å². The molecule has 6 aromatic carbocycles. The summed E-state index contributed by atoms with van der Waals surface area (Å²) in [7, 11) is 0. The number of aliphatic imine (C=N–C) groups is 2. The van der Waals surface area contributed by atoms with Gasteiger partial charge in [0.25, 0.3) is 0 Å². The van der Waals surface area contributed by atoms with Gasteiger partial charge in [0.05, 0.1) is 5.70 Å². The highest BCUT2D eigenvalue weighted by Crippen LogP contribution is 2.38. The average Bonchev–Trinajstić information content (AvgIpc) is 3.59. The normalized spacial score (nSPS) is 13.1. The molecule has 1 aliphatic rings. The number of amidine groups is 1. The third-order valence-electron chi connectivity index (χ3n) is 9.51. The Hall–Kier alpha value is -6.10. The standard InChI is InChI=1S/C48H39N3S/c1-3-44(36-20-10-5-11-21-36)50-48(37-22-12-6-13-23-37)49-34(2)42-28-17-29-45-47(42)43-31-30-41(33-46(43)52-45)51(39-25-14-7-15-26-39)40-27-16-24-38(32-40)35-18-8-4-9-19-35/h4-16,18-27,29-33H,2-3,17,28H2,1H3. The Morgan fingerprint density at radius 3 is 1.96 bits per heavy atom. The second-order valence-corrected chi connectivity index (χ2v) is 13.9. The first-order valence-corrected chi connectivity index (χ1v) is 18.7. The highest BCUT2D eigenvalue weighted by Gasteiger charge is 2.18. The van der Waals surface area contributed by atoms with Crippen molar-refractivity contribution in [1.82, 2.24) is 0 Å². The van der Waals surface area contributed by atoms with Crippen LogP contribution in [0, 0.1) is 0 Å². The third kappa shape index (κ3) is 6.81. The summed E-state index contributed by atoms with van der Waals surface area (Å²) in [5, 5.41) is 2.49. The molecule has 8 rings (SSSR count). The van der Waals surface area contributed by atoms with E-state index in [-0.39, 0.29) is 0 Å². The number of para-hydroxylation sites is 1. The molecule has 0 N–H and O–H groups in total. The van der Waals surface area contributed by atoms with Crippen LogP contribution in [0.3, 0.4) is 0 Å². The maximum absolute atomic E-state index is 5.21. The van der Waals surface area contributed by atoms with Crippen molar-refractivity contribution in [3.8, 4) is 11.1 Å². The molecule has 0 aliphatic heterocycles. The van der Waals surface area contributed by atoms with E-state index in [1.165, 1.54) is 36.5 Å². The Bertz CT molecular complexity index is 2550. The summed E-state index contributed by atoms with van der Waals surface area (Å²) in [6.45, 7) is 6.73. The summed E-state index contributed by atoms with van der Waals surface area (Å²) < 4.78 is 2.53. The van der Waals surface area contributed by atoms with Crippen LogP contribution in [0.25, 0.3) is 32.9 Å². The largest absolute Gasteiger partial charge is 0.310 e. The van der Waals surface area contributed by atoms with E-state index in [0.717, 1.165) is 58.9 Å². The summed E-state index contributed by atoms with van der Waals surface area (Å²) >= 11 is 1.85. The second kappa shape index (κ2) is 15.0. The van der Waals surface area contributed by atoms with E-state index in [9.17, 15) is 0 Å². The lowest BCUT2D eigenvalue weighted by Gasteiger charge is -2.26. The van der Waals surface area contributed by atoms with Gasteiger partial charge in [-0.2, -0.15) is 0 Å². The molecule has 1 heterocycles. The van der Waals surface area contributed by atoms with Gasteiger partial charge in [0.15, 0.2) is 5.84 Å². The number of thiophene rings is 1. The van der Waals surface area contributed by atoms with E-state index < -0.39 is 0 Å². The Morgan fingerprint density at radius 1 is 0.635 bits per heavy atom. The Morgan fingerprint density at radius 2 is 1.25 bits per heavy atom. The van der Waals surface area contributed by atoms with E-state index in [0.29, 0.717) is 5.84 Å². The van der Waals surface area contributed by atoms with Crippen LogP contribution in [-0.4, -0.2) is 11.5 Å². The van der Waals surface area contributed by atoms with Crippen LogP contribution in [0.2, 0.25) is 0 Å². The van der Waals surface area contributed by atoms with Crippen LogP contribution < -0.4 is 14.7 Å². The van der Waals surface area contributed by atoms with E-state index in [2.05, 4.69) is 164 Å². The fraction of sp³-hybridized carbons (Fsp3) is 0.0833. The molecule has 0 spiro atoms. The number of rotatable bonds is 9. The van der Waals surface area contributed by atoms with Crippen LogP contribution in [0.15, 0.2) is 186 Å². The maximum atomic E-state index is 5.21. The third-order valence-corrected chi connectivity index (χ3v) is 10.7. The first kappa shape index (κ1) is 33.1. The van der Waals surface area contributed by atoms with E-state index in [1.54, 1.807) is 0 Å². The number of allylic oxidation sites excluding steroid dienone is 1. The molecule has 0 unspecified atom stereocenters. The minimum atomic E-state index is 0.688. The van der Waals surface area contributed by atoms with Crippen LogP contribution in [0.5, 0.6) is 0 Å². The summed E-state index contributed by atoms with van der Waals surface area (Å²) in [6, 6.07) is 57.5. The average molecular weight is 690 g/mol. The van der Waals surface area contributed by atoms with Crippen molar-refractivity contribution in [3.05, 3.63) is 197 Å². The van der Waals surface area contributed by atoms with Crippen molar-refractivity contribution in [2.75, 3.05) is 4.90 Å². The molecule has 0 saturated heterocycles. The lowest BCUT2D eigenvalue weighted by Crippen LogP contribution is -2.25. The predicted molar refractivity (Wildman–Crippen MR) is 224 cm³/mol. The highest BCUT2D eigenvalue weighted by molar-refractivity contribution is 7.17. The number of hydrogen-bond donors (Lipinski definition) is 0. The molecule has 0 bridgehead atoms. The van der Waals surface area contributed by atoms with Gasteiger partial charge in [-0.15, -0.1) is 11.3 Å². The van der Waals surface area contributed by atoms with Gasteiger partial charge in [0.1, 0.15) is 0 Å². The van der Waals surface area contributed by atoms with Gasteiger partial charge in [0.2, 0.25) is 0 Å². The van der Waals surface area contributed by atoms with Crippen LogP contribution in [-0.2, 0) is 0 Å². The molecule has 0 radical (unpaired) electrons. The zero-order valence-electron chi connectivity index (χ0n) is 29.2. The molecular weight excluding hydrogens is 651 g/mol. The van der Waals surface area contributed by atoms with Gasteiger partial charge in [-0.3, -0.25) is 0 Å². The Labute approximate surface area is 309 Å². The second-order valence-electron chi connectivity index (χ2n) is 12.9. The molecule has 1 aliphatic carbocycles. The highest BCUT2D eigenvalue weighted by atomic mass is 32.1. The van der Waals surface area contributed by atoms with Gasteiger partial charge < -0.3 is 4.90 Å². The van der Waals surface area contributed by atoms with Crippen molar-refractivity contribution < 1.29 is 0 Å². The van der Waals surface area contributed by atoms with Crippen LogP contribution in [0.4, 0.5) is 17.1 Å². The van der Waals surface area contributed by atoms with Crippen LogP contribution in [0.1, 0.15) is 37.3 Å². The van der Waals surface area contributed by atoms with Crippen molar-refractivity contribution in [2.24, 2.45) is 9.98 Å². The minimum Gasteiger partial charge on any atom is -0.310 e. The van der Waals surface area contributed by atoms with Gasteiger partial charge in [-0.1, -0.05) is 147 Å². The van der Waals surface area contributed by atoms with E-state index in [4.69, 9.17) is 9.98 Å². The molecule has 1 aromatic heterocycles. The van der Waals surface area contributed by atoms with Gasteiger partial charge >= 0.3 is 0 Å². The first-order valence-electron chi connectivity index (χ1n) is 17.9. The Kier molecular flexibility index (Phi) is 9.55. The van der Waals surface area contributed by atoms with Crippen molar-refractivity contribution >= 4 is 61.7 Å². The monoisotopic (exact) mass is 689 g/mol. The quantitative estimate of drug-likeness (QED) is 0.110. The molecule has 0 atom stereocenters. The van der Waals surface area contributed by atoms with Gasteiger partial charge in [-0.05, 0) is 77.9 Å². The lowest BCUT2D eigenvalue weighted by molar-refractivity contribution is 1.08. The summed E-state index contributed by atoms with van der Waals surface area (Å²) in [4.78, 5) is 12.7. The number of hydrogen-bond acceptors (Lipinski definition) is 3. The zero-order chi connectivity index (χ0) is 35.3. The van der Waals surface area contributed by atoms with Crippen molar-refractivity contribution in [2.45, 2.75) is 26.2 Å². The molecule has 0 amide bonds. The number of fused-ring (bicyclic) bond motifs is 3. The van der Waals surface area contributed by atoms with Gasteiger partial charge in [0, 0.05) is 48.2 Å². The molecule has 4 heteroatoms. The van der Waals surface area contributed by atoms with Crippen LogP contribution >= 0.6 is 11.3 Å². The summed E-state index contributed by atoms with van der Waals surface area (Å²) in [5.74, 6) is 0.688. The number of benzene rings is 6. The molecule has 0 saturated carbocycles. The van der Waals surface area contributed by atoms with Crippen molar-refractivity contribution in [3.63, 3.8) is 0 Å². The fourth-order valence-electron chi connectivity index (χ4n) is 6.98. The number of nitrogens with zero attached hydrogens (tertiary/aromatic N) is 3. The molecular formula is C48H39N3S. The molecule has 3 nitrogen and oxygen atoms in total. The van der Waals surface area contributed by atoms with Crippen molar-refractivity contribution in [1.29, 1.82) is 0 Å². The SMILES string of the molecule is C=C(N=C(N=C(CC)c1ccccc1)c1ccccc1)C1=c2c(sc3cc(N(c4ccccc4)c4cccc(-c5ccccc5)c4)ccc23)=CCC1. The predicted octanol–water partition coefficient (Wildman–Crippen LogP) is 11.6. The number of anilines is 3. The summed E-state index contributed by atoms with van der Waals surface area (Å²) in [5.41, 5.74) is 10.8. The van der Waals surface area contributed by atoms with Gasteiger partial charge in [-0.25, -0.2) is 9.98 Å². The fourth-order valence-corrected chi connectivity index (χ4v) is 8.21. The molecule has 252 valence electrons. The molecule has 0 fully saturated rings. The summed E-state index contributed by atoms with van der Waals surface area (Å²) in [6.07, 6.45) is 5.01. The zero-order valence-corrected chi connectivity index (χ0v) is 30.1. The first-order chi connectivity index (χ1) is 25.7. The maximum Gasteiger partial charge on any atom is 0.159 e. The Balaban J connectivity index is 1.24. The smallest absolute Gasteiger partial charge is 0.159 e. The lowest BCUT2D eigenvalue weighted by atomic mass is 9.99. The molecule has 7 aromatic rings. The minimum absolute atomic E-state index is 0.688.